The summed E-state index contributed by atoms with van der Waals surface area (Å²) in [6.45, 7) is 2.38. The minimum absolute atomic E-state index is 0.0406. The summed E-state index contributed by atoms with van der Waals surface area (Å²) in [7, 11) is 0. The molecule has 1 saturated heterocycles. The maximum Gasteiger partial charge on any atom is 0.233 e. The molecule has 0 bridgehead atoms. The van der Waals surface area contributed by atoms with Crippen LogP contribution in [0.5, 0.6) is 0 Å². The van der Waals surface area contributed by atoms with Gasteiger partial charge in [-0.25, -0.2) is 0 Å². The molecule has 4 heteroatoms. The van der Waals surface area contributed by atoms with Gasteiger partial charge in [-0.2, -0.15) is 5.26 Å². The number of imide groups is 1. The predicted octanol–water partition coefficient (Wildman–Crippen LogP) is 1.32. The van der Waals surface area contributed by atoms with Gasteiger partial charge in [0.15, 0.2) is 0 Å². The molecular formula is C12H16N2O2. The summed E-state index contributed by atoms with van der Waals surface area (Å²) in [6.07, 6.45) is 3.00. The first-order chi connectivity index (χ1) is 7.69. The van der Waals surface area contributed by atoms with Crippen LogP contribution in [0.15, 0.2) is 0 Å². The van der Waals surface area contributed by atoms with Crippen molar-refractivity contribution in [2.24, 2.45) is 17.8 Å². The lowest BCUT2D eigenvalue weighted by molar-refractivity contribution is -0.140. The molecule has 0 spiro atoms. The van der Waals surface area contributed by atoms with Gasteiger partial charge >= 0.3 is 0 Å². The first-order valence-electron chi connectivity index (χ1n) is 5.91. The van der Waals surface area contributed by atoms with Gasteiger partial charge < -0.3 is 0 Å². The van der Waals surface area contributed by atoms with E-state index < -0.39 is 0 Å². The number of carbonyl (C=O) groups excluding carboxylic acids is 2. The number of hydrogen-bond donors (Lipinski definition) is 0. The minimum atomic E-state index is -0.0869. The zero-order chi connectivity index (χ0) is 11.7. The van der Waals surface area contributed by atoms with E-state index in [1.54, 1.807) is 0 Å². The van der Waals surface area contributed by atoms with E-state index in [1.165, 1.54) is 4.90 Å². The summed E-state index contributed by atoms with van der Waals surface area (Å²) in [5.41, 5.74) is 0. The van der Waals surface area contributed by atoms with Gasteiger partial charge in [-0.05, 0) is 18.8 Å². The molecule has 2 unspecified atom stereocenters. The van der Waals surface area contributed by atoms with Gasteiger partial charge in [-0.3, -0.25) is 14.5 Å². The largest absolute Gasteiger partial charge is 0.281 e. The van der Waals surface area contributed by atoms with Crippen LogP contribution < -0.4 is 0 Å². The normalized spacial score (nSPS) is 33.0. The van der Waals surface area contributed by atoms with Gasteiger partial charge in [0.05, 0.1) is 24.3 Å². The SMILES string of the molecule is CCC1CC2C(=O)N(CCC#N)C(=O)C2C1. The van der Waals surface area contributed by atoms with Crippen LogP contribution in [-0.4, -0.2) is 23.3 Å². The van der Waals surface area contributed by atoms with E-state index in [2.05, 4.69) is 6.92 Å². The molecule has 0 aromatic heterocycles. The fourth-order valence-corrected chi connectivity index (χ4v) is 2.91. The van der Waals surface area contributed by atoms with Crippen molar-refractivity contribution in [2.45, 2.75) is 32.6 Å². The van der Waals surface area contributed by atoms with E-state index in [4.69, 9.17) is 5.26 Å². The Labute approximate surface area is 95.2 Å². The molecule has 2 atom stereocenters. The summed E-state index contributed by atoms with van der Waals surface area (Å²) >= 11 is 0. The number of likely N-dealkylation sites (tertiary alicyclic amines) is 1. The van der Waals surface area contributed by atoms with Crippen molar-refractivity contribution in [3.05, 3.63) is 0 Å². The van der Waals surface area contributed by atoms with Crippen molar-refractivity contribution in [2.75, 3.05) is 6.54 Å². The summed E-state index contributed by atoms with van der Waals surface area (Å²) in [5.74, 6) is 0.274. The molecule has 2 fully saturated rings. The number of amides is 2. The van der Waals surface area contributed by atoms with Crippen LogP contribution in [0.4, 0.5) is 0 Å². The van der Waals surface area contributed by atoms with E-state index >= 15 is 0 Å². The standard InChI is InChI=1S/C12H16N2O2/c1-2-8-6-9-10(7-8)12(16)14(11(9)15)5-3-4-13/h8-10H,2-3,5-7H2,1H3. The molecule has 1 aliphatic carbocycles. The smallest absolute Gasteiger partial charge is 0.233 e. The van der Waals surface area contributed by atoms with E-state index in [0.717, 1.165) is 19.3 Å². The van der Waals surface area contributed by atoms with Crippen LogP contribution in [0.3, 0.4) is 0 Å². The molecule has 1 aliphatic heterocycles. The molecule has 1 saturated carbocycles. The Bertz CT molecular complexity index is 335. The highest BCUT2D eigenvalue weighted by Crippen LogP contribution is 2.44. The number of rotatable bonds is 3. The Kier molecular flexibility index (Phi) is 2.95. The van der Waals surface area contributed by atoms with Crippen LogP contribution in [0.2, 0.25) is 0 Å². The topological polar surface area (TPSA) is 61.2 Å². The Balaban J connectivity index is 2.07. The quantitative estimate of drug-likeness (QED) is 0.674. The lowest BCUT2D eigenvalue weighted by Gasteiger charge is -2.15. The molecule has 16 heavy (non-hydrogen) atoms. The molecule has 0 aromatic carbocycles. The van der Waals surface area contributed by atoms with Crippen LogP contribution in [0, 0.1) is 29.1 Å². The second kappa shape index (κ2) is 4.25. The highest BCUT2D eigenvalue weighted by atomic mass is 16.2. The second-order valence-corrected chi connectivity index (χ2v) is 4.69. The Hall–Kier alpha value is -1.37. The Morgan fingerprint density at radius 1 is 1.31 bits per heavy atom. The number of carbonyl (C=O) groups is 2. The third-order valence-electron chi connectivity index (χ3n) is 3.85. The lowest BCUT2D eigenvalue weighted by atomic mass is 10.00. The van der Waals surface area contributed by atoms with Crippen LogP contribution in [0.1, 0.15) is 32.6 Å². The molecule has 0 aromatic rings. The zero-order valence-corrected chi connectivity index (χ0v) is 9.48. The fourth-order valence-electron chi connectivity index (χ4n) is 2.91. The second-order valence-electron chi connectivity index (χ2n) is 4.69. The monoisotopic (exact) mass is 220 g/mol. The lowest BCUT2D eigenvalue weighted by Crippen LogP contribution is -2.33. The Morgan fingerprint density at radius 2 is 1.88 bits per heavy atom. The molecule has 86 valence electrons. The van der Waals surface area contributed by atoms with Gasteiger partial charge in [0.25, 0.3) is 0 Å². The van der Waals surface area contributed by atoms with E-state index in [-0.39, 0.29) is 36.6 Å². The third-order valence-corrected chi connectivity index (χ3v) is 3.85. The minimum Gasteiger partial charge on any atom is -0.281 e. The summed E-state index contributed by atoms with van der Waals surface area (Å²) in [4.78, 5) is 25.2. The number of hydrogen-bond acceptors (Lipinski definition) is 3. The average Bonchev–Trinajstić information content (AvgIpc) is 2.80. The van der Waals surface area contributed by atoms with E-state index in [9.17, 15) is 9.59 Å². The number of fused-ring (bicyclic) bond motifs is 1. The van der Waals surface area contributed by atoms with Crippen molar-refractivity contribution in [1.29, 1.82) is 5.26 Å². The van der Waals surface area contributed by atoms with E-state index in [1.807, 2.05) is 6.07 Å². The highest BCUT2D eigenvalue weighted by Gasteiger charge is 2.51. The number of nitriles is 1. The van der Waals surface area contributed by atoms with Crippen LogP contribution >= 0.6 is 0 Å². The van der Waals surface area contributed by atoms with Crippen molar-refractivity contribution in [3.63, 3.8) is 0 Å². The van der Waals surface area contributed by atoms with Gasteiger partial charge in [0, 0.05) is 6.54 Å². The highest BCUT2D eigenvalue weighted by molar-refractivity contribution is 6.05. The molecule has 0 radical (unpaired) electrons. The van der Waals surface area contributed by atoms with Gasteiger partial charge in [0.1, 0.15) is 0 Å². The molecule has 2 rings (SSSR count). The van der Waals surface area contributed by atoms with E-state index in [0.29, 0.717) is 5.92 Å². The van der Waals surface area contributed by atoms with Crippen LogP contribution in [-0.2, 0) is 9.59 Å². The van der Waals surface area contributed by atoms with Crippen molar-refractivity contribution in [3.8, 4) is 6.07 Å². The average molecular weight is 220 g/mol. The molecular weight excluding hydrogens is 204 g/mol. The van der Waals surface area contributed by atoms with Crippen molar-refractivity contribution in [1.82, 2.24) is 4.90 Å². The molecule has 2 aliphatic rings. The first-order valence-corrected chi connectivity index (χ1v) is 5.91. The Morgan fingerprint density at radius 3 is 2.31 bits per heavy atom. The van der Waals surface area contributed by atoms with Crippen LogP contribution in [0.25, 0.3) is 0 Å². The predicted molar refractivity (Wildman–Crippen MR) is 56.9 cm³/mol. The fraction of sp³-hybridized carbons (Fsp3) is 0.750. The van der Waals surface area contributed by atoms with Gasteiger partial charge in [-0.1, -0.05) is 13.3 Å². The van der Waals surface area contributed by atoms with Crippen molar-refractivity contribution >= 4 is 11.8 Å². The molecule has 2 amide bonds. The number of nitrogens with zero attached hydrogens (tertiary/aromatic N) is 2. The zero-order valence-electron chi connectivity index (χ0n) is 9.48. The first kappa shape index (κ1) is 11.1. The van der Waals surface area contributed by atoms with Gasteiger partial charge in [-0.15, -0.1) is 0 Å². The summed E-state index contributed by atoms with van der Waals surface area (Å²) in [5, 5.41) is 8.48. The molecule has 0 N–H and O–H groups in total. The summed E-state index contributed by atoms with van der Waals surface area (Å²) in [6, 6.07) is 1.98. The third kappa shape index (κ3) is 1.60. The molecule has 4 nitrogen and oxygen atoms in total. The maximum atomic E-state index is 12.0. The maximum absolute atomic E-state index is 12.0. The molecule has 1 heterocycles. The summed E-state index contributed by atoms with van der Waals surface area (Å²) < 4.78 is 0. The van der Waals surface area contributed by atoms with Gasteiger partial charge in [0.2, 0.25) is 11.8 Å². The van der Waals surface area contributed by atoms with Crippen molar-refractivity contribution < 1.29 is 9.59 Å².